The molecule has 1 aromatic rings. The molecule has 94 valence electrons. The Balaban J connectivity index is 1.93. The lowest BCUT2D eigenvalue weighted by molar-refractivity contribution is 0.171. The molecule has 2 nitrogen and oxygen atoms in total. The van der Waals surface area contributed by atoms with E-state index in [1.165, 1.54) is 31.6 Å². The fourth-order valence-electron chi connectivity index (χ4n) is 2.66. The van der Waals surface area contributed by atoms with Crippen LogP contribution >= 0.6 is 0 Å². The average molecular weight is 232 g/mol. The molecule has 2 rings (SSSR count). The van der Waals surface area contributed by atoms with Crippen LogP contribution < -0.4 is 4.90 Å². The lowest BCUT2D eigenvalue weighted by Crippen LogP contribution is -2.45. The summed E-state index contributed by atoms with van der Waals surface area (Å²) in [6, 6.07) is 12.1. The Morgan fingerprint density at radius 3 is 2.24 bits per heavy atom. The molecule has 1 aliphatic rings. The maximum atomic E-state index is 2.58. The second kappa shape index (κ2) is 5.54. The fourth-order valence-corrected chi connectivity index (χ4v) is 2.66. The third-order valence-corrected chi connectivity index (χ3v) is 3.94. The molecule has 1 fully saturated rings. The summed E-state index contributed by atoms with van der Waals surface area (Å²) in [5.74, 6) is 0. The van der Waals surface area contributed by atoms with Gasteiger partial charge in [-0.3, -0.25) is 0 Å². The Hall–Kier alpha value is -1.02. The molecular weight excluding hydrogens is 208 g/mol. The lowest BCUT2D eigenvalue weighted by atomic mass is 10.0. The first-order valence-corrected chi connectivity index (χ1v) is 6.70. The van der Waals surface area contributed by atoms with Crippen molar-refractivity contribution in [3.05, 3.63) is 30.3 Å². The number of likely N-dealkylation sites (tertiary alicyclic amines) is 1. The smallest absolute Gasteiger partial charge is 0.0366 e. The first kappa shape index (κ1) is 12.4. The van der Waals surface area contributed by atoms with Crippen LogP contribution in [0.3, 0.4) is 0 Å². The number of piperidine rings is 1. The summed E-state index contributed by atoms with van der Waals surface area (Å²) in [6.45, 7) is 7.06. The zero-order chi connectivity index (χ0) is 12.3. The van der Waals surface area contributed by atoms with E-state index in [0.717, 1.165) is 0 Å². The van der Waals surface area contributed by atoms with Crippen LogP contribution in [0, 0.1) is 0 Å². The van der Waals surface area contributed by atoms with Crippen LogP contribution in [0.2, 0.25) is 0 Å². The van der Waals surface area contributed by atoms with Gasteiger partial charge in [-0.05, 0) is 38.8 Å². The van der Waals surface area contributed by atoms with Gasteiger partial charge < -0.3 is 9.80 Å². The van der Waals surface area contributed by atoms with Crippen LogP contribution in [0.25, 0.3) is 0 Å². The first-order chi connectivity index (χ1) is 8.18. The molecule has 0 aromatic heterocycles. The van der Waals surface area contributed by atoms with E-state index in [1.807, 2.05) is 0 Å². The molecular formula is C15H24N2. The first-order valence-electron chi connectivity index (χ1n) is 6.70. The molecule has 1 aromatic carbocycles. The van der Waals surface area contributed by atoms with Gasteiger partial charge in [0.15, 0.2) is 0 Å². The van der Waals surface area contributed by atoms with Gasteiger partial charge >= 0.3 is 0 Å². The maximum Gasteiger partial charge on any atom is 0.0366 e. The third kappa shape index (κ3) is 3.01. The summed E-state index contributed by atoms with van der Waals surface area (Å²) in [7, 11) is 2.23. The summed E-state index contributed by atoms with van der Waals surface area (Å²) >= 11 is 0. The highest BCUT2D eigenvalue weighted by molar-refractivity contribution is 5.46. The fraction of sp³-hybridized carbons (Fsp3) is 0.600. The van der Waals surface area contributed by atoms with Gasteiger partial charge in [-0.25, -0.2) is 0 Å². The van der Waals surface area contributed by atoms with Crippen molar-refractivity contribution >= 4 is 5.69 Å². The van der Waals surface area contributed by atoms with Crippen LogP contribution in [-0.4, -0.2) is 37.1 Å². The highest BCUT2D eigenvalue weighted by Gasteiger charge is 2.23. The number of hydrogen-bond acceptors (Lipinski definition) is 2. The largest absolute Gasteiger partial charge is 0.372 e. The van der Waals surface area contributed by atoms with E-state index in [2.05, 4.69) is 61.0 Å². The minimum absolute atomic E-state index is 0.693. The number of para-hydroxylation sites is 1. The number of rotatable bonds is 3. The second-order valence-corrected chi connectivity index (χ2v) is 5.31. The lowest BCUT2D eigenvalue weighted by Gasteiger charge is -2.39. The summed E-state index contributed by atoms with van der Waals surface area (Å²) in [4.78, 5) is 5.02. The topological polar surface area (TPSA) is 6.48 Å². The van der Waals surface area contributed by atoms with Crippen LogP contribution in [-0.2, 0) is 0 Å². The molecule has 1 aliphatic heterocycles. The van der Waals surface area contributed by atoms with Gasteiger partial charge in [0, 0.05) is 37.9 Å². The Bertz CT molecular complexity index is 326. The zero-order valence-corrected chi connectivity index (χ0v) is 11.3. The molecule has 0 atom stereocenters. The van der Waals surface area contributed by atoms with E-state index in [4.69, 9.17) is 0 Å². The Morgan fingerprint density at radius 2 is 1.71 bits per heavy atom. The third-order valence-electron chi connectivity index (χ3n) is 3.94. The van der Waals surface area contributed by atoms with Crippen molar-refractivity contribution in [2.24, 2.45) is 0 Å². The van der Waals surface area contributed by atoms with E-state index in [-0.39, 0.29) is 0 Å². The van der Waals surface area contributed by atoms with Crippen molar-refractivity contribution < 1.29 is 0 Å². The van der Waals surface area contributed by atoms with Crippen molar-refractivity contribution in [2.45, 2.75) is 38.8 Å². The quantitative estimate of drug-likeness (QED) is 0.790. The van der Waals surface area contributed by atoms with Gasteiger partial charge in [0.2, 0.25) is 0 Å². The average Bonchev–Trinajstić information content (AvgIpc) is 2.39. The molecule has 0 unspecified atom stereocenters. The van der Waals surface area contributed by atoms with E-state index in [0.29, 0.717) is 12.1 Å². The van der Waals surface area contributed by atoms with Crippen molar-refractivity contribution in [3.8, 4) is 0 Å². The minimum Gasteiger partial charge on any atom is -0.372 e. The SMILES string of the molecule is CC(C)N1CCC(N(C)c2ccccc2)CC1. The van der Waals surface area contributed by atoms with Crippen LogP contribution in [0.1, 0.15) is 26.7 Å². The Morgan fingerprint density at radius 1 is 1.12 bits per heavy atom. The highest BCUT2D eigenvalue weighted by atomic mass is 15.2. The van der Waals surface area contributed by atoms with Crippen molar-refractivity contribution in [2.75, 3.05) is 25.0 Å². The van der Waals surface area contributed by atoms with Crippen LogP contribution in [0.15, 0.2) is 30.3 Å². The summed E-state index contributed by atoms with van der Waals surface area (Å²) in [6.07, 6.45) is 2.56. The Labute approximate surface area is 105 Å². The van der Waals surface area contributed by atoms with Crippen LogP contribution in [0.4, 0.5) is 5.69 Å². The van der Waals surface area contributed by atoms with Gasteiger partial charge in [0.05, 0.1) is 0 Å². The zero-order valence-electron chi connectivity index (χ0n) is 11.3. The molecule has 0 amide bonds. The van der Waals surface area contributed by atoms with Gasteiger partial charge in [0.1, 0.15) is 0 Å². The van der Waals surface area contributed by atoms with E-state index < -0.39 is 0 Å². The summed E-state index contributed by atoms with van der Waals surface area (Å²) in [5.41, 5.74) is 1.34. The van der Waals surface area contributed by atoms with Gasteiger partial charge in [0.25, 0.3) is 0 Å². The predicted molar refractivity (Wildman–Crippen MR) is 74.6 cm³/mol. The highest BCUT2D eigenvalue weighted by Crippen LogP contribution is 2.22. The predicted octanol–water partition coefficient (Wildman–Crippen LogP) is 3.00. The monoisotopic (exact) mass is 232 g/mol. The molecule has 1 heterocycles. The molecule has 0 bridgehead atoms. The number of anilines is 1. The molecule has 2 heteroatoms. The number of nitrogens with zero attached hydrogens (tertiary/aromatic N) is 2. The Kier molecular flexibility index (Phi) is 4.06. The van der Waals surface area contributed by atoms with Gasteiger partial charge in [-0.2, -0.15) is 0 Å². The van der Waals surface area contributed by atoms with Gasteiger partial charge in [-0.1, -0.05) is 18.2 Å². The van der Waals surface area contributed by atoms with Crippen molar-refractivity contribution in [3.63, 3.8) is 0 Å². The van der Waals surface area contributed by atoms with E-state index in [9.17, 15) is 0 Å². The molecule has 0 saturated carbocycles. The minimum atomic E-state index is 0.693. The molecule has 0 spiro atoms. The van der Waals surface area contributed by atoms with E-state index in [1.54, 1.807) is 0 Å². The summed E-state index contributed by atoms with van der Waals surface area (Å²) < 4.78 is 0. The van der Waals surface area contributed by atoms with Crippen molar-refractivity contribution in [1.82, 2.24) is 4.90 Å². The maximum absolute atomic E-state index is 2.58. The van der Waals surface area contributed by atoms with Gasteiger partial charge in [-0.15, -0.1) is 0 Å². The normalized spacial score (nSPS) is 18.6. The molecule has 1 saturated heterocycles. The number of benzene rings is 1. The van der Waals surface area contributed by atoms with E-state index >= 15 is 0 Å². The second-order valence-electron chi connectivity index (χ2n) is 5.31. The molecule has 17 heavy (non-hydrogen) atoms. The molecule has 0 N–H and O–H groups in total. The van der Waals surface area contributed by atoms with Crippen LogP contribution in [0.5, 0.6) is 0 Å². The molecule has 0 radical (unpaired) electrons. The standard InChI is InChI=1S/C15H24N2/c1-13(2)17-11-9-15(10-12-17)16(3)14-7-5-4-6-8-14/h4-8,13,15H,9-12H2,1-3H3. The number of hydrogen-bond donors (Lipinski definition) is 0. The summed E-state index contributed by atoms with van der Waals surface area (Å²) in [5, 5.41) is 0. The van der Waals surface area contributed by atoms with Crippen molar-refractivity contribution in [1.29, 1.82) is 0 Å². The molecule has 0 aliphatic carbocycles.